The Morgan fingerprint density at radius 3 is 2.70 bits per heavy atom. The largest absolute Gasteiger partial charge is 0.381 e. The van der Waals surface area contributed by atoms with Crippen LogP contribution in [0.1, 0.15) is 11.1 Å². The van der Waals surface area contributed by atoms with Gasteiger partial charge in [0.15, 0.2) is 0 Å². The number of fused-ring (bicyclic) bond motifs is 1. The topological polar surface area (TPSA) is 51.6 Å². The average molecular weight is 261 g/mol. The number of rotatable bonds is 4. The van der Waals surface area contributed by atoms with E-state index in [1.165, 1.54) is 10.9 Å². The van der Waals surface area contributed by atoms with E-state index in [2.05, 4.69) is 40.6 Å². The summed E-state index contributed by atoms with van der Waals surface area (Å²) in [7, 11) is 0. The maximum Gasteiger partial charge on any atom is 0.0669 e. The molecule has 0 saturated heterocycles. The Labute approximate surface area is 117 Å². The summed E-state index contributed by atoms with van der Waals surface area (Å²) in [6.45, 7) is 0.785. The maximum atomic E-state index is 8.65. The van der Waals surface area contributed by atoms with E-state index in [0.717, 1.165) is 23.3 Å². The van der Waals surface area contributed by atoms with Crippen LogP contribution >= 0.6 is 0 Å². The van der Waals surface area contributed by atoms with Crippen LogP contribution in [0.5, 0.6) is 0 Å². The van der Waals surface area contributed by atoms with Crippen molar-refractivity contribution >= 4 is 16.6 Å². The first-order valence-corrected chi connectivity index (χ1v) is 6.61. The molecule has 0 saturated carbocycles. The van der Waals surface area contributed by atoms with E-state index in [1.807, 2.05) is 30.5 Å². The van der Waals surface area contributed by atoms with Gasteiger partial charge in [0.2, 0.25) is 0 Å². The van der Waals surface area contributed by atoms with Crippen molar-refractivity contribution in [2.24, 2.45) is 0 Å². The van der Waals surface area contributed by atoms with Crippen LogP contribution in [0.15, 0.2) is 54.7 Å². The van der Waals surface area contributed by atoms with Gasteiger partial charge < -0.3 is 10.3 Å². The number of aromatic amines is 1. The first-order chi connectivity index (χ1) is 9.86. The zero-order chi connectivity index (χ0) is 13.8. The Hall–Kier alpha value is -2.73. The molecule has 0 amide bonds. The number of H-pyrrole nitrogens is 1. The van der Waals surface area contributed by atoms with Gasteiger partial charge in [-0.15, -0.1) is 0 Å². The summed E-state index contributed by atoms with van der Waals surface area (Å²) < 4.78 is 0. The van der Waals surface area contributed by atoms with Crippen LogP contribution in [0.4, 0.5) is 5.69 Å². The van der Waals surface area contributed by atoms with E-state index in [4.69, 9.17) is 5.26 Å². The molecule has 2 N–H and O–H groups in total. The van der Waals surface area contributed by atoms with Gasteiger partial charge >= 0.3 is 0 Å². The van der Waals surface area contributed by atoms with Gasteiger partial charge in [0.25, 0.3) is 0 Å². The number of hydrogen-bond donors (Lipinski definition) is 2. The Balaban J connectivity index is 1.73. The second-order valence-corrected chi connectivity index (χ2v) is 4.74. The molecule has 1 heterocycles. The van der Waals surface area contributed by atoms with Gasteiger partial charge in [-0.3, -0.25) is 0 Å². The zero-order valence-corrected chi connectivity index (χ0v) is 11.1. The molecule has 98 valence electrons. The van der Waals surface area contributed by atoms with Crippen LogP contribution in [-0.4, -0.2) is 4.98 Å². The molecule has 3 rings (SSSR count). The fourth-order valence-corrected chi connectivity index (χ4v) is 2.33. The predicted octanol–water partition coefficient (Wildman–Crippen LogP) is 3.85. The third-order valence-electron chi connectivity index (χ3n) is 3.41. The normalized spacial score (nSPS) is 10.3. The van der Waals surface area contributed by atoms with E-state index >= 15 is 0 Å². The van der Waals surface area contributed by atoms with Crippen molar-refractivity contribution in [1.82, 2.24) is 4.98 Å². The molecule has 0 bridgehead atoms. The number of hydrogen-bond acceptors (Lipinski definition) is 2. The van der Waals surface area contributed by atoms with Gasteiger partial charge in [0, 0.05) is 29.3 Å². The monoisotopic (exact) mass is 261 g/mol. The molecule has 0 radical (unpaired) electrons. The number of aromatic nitrogens is 1. The summed E-state index contributed by atoms with van der Waals surface area (Å²) in [5.41, 5.74) is 4.54. The number of nitriles is 1. The van der Waals surface area contributed by atoms with Gasteiger partial charge in [0.05, 0.1) is 12.5 Å². The van der Waals surface area contributed by atoms with E-state index < -0.39 is 0 Å². The lowest BCUT2D eigenvalue weighted by atomic mass is 10.1. The SMILES string of the molecule is N#CCc1ccc(NCc2cccc3[nH]ccc23)cc1. The molecule has 2 aromatic carbocycles. The van der Waals surface area contributed by atoms with E-state index in [0.29, 0.717) is 6.42 Å². The third-order valence-corrected chi connectivity index (χ3v) is 3.41. The summed E-state index contributed by atoms with van der Waals surface area (Å²) in [4.78, 5) is 3.22. The van der Waals surface area contributed by atoms with Crippen molar-refractivity contribution in [2.45, 2.75) is 13.0 Å². The standard InChI is InChI=1S/C17H15N3/c18-10-8-13-4-6-15(7-5-13)20-12-14-2-1-3-17-16(14)9-11-19-17/h1-7,9,11,19-20H,8,12H2. The van der Waals surface area contributed by atoms with E-state index in [1.54, 1.807) is 0 Å². The summed E-state index contributed by atoms with van der Waals surface area (Å²) in [6, 6.07) is 18.5. The second kappa shape index (κ2) is 5.50. The summed E-state index contributed by atoms with van der Waals surface area (Å²) in [5, 5.41) is 13.3. The van der Waals surface area contributed by atoms with Gasteiger partial charge in [0.1, 0.15) is 0 Å². The van der Waals surface area contributed by atoms with Crippen LogP contribution < -0.4 is 5.32 Å². The zero-order valence-electron chi connectivity index (χ0n) is 11.1. The first kappa shape index (κ1) is 12.3. The van der Waals surface area contributed by atoms with Crippen LogP contribution in [0.2, 0.25) is 0 Å². The van der Waals surface area contributed by atoms with Crippen LogP contribution in [0.25, 0.3) is 10.9 Å². The third kappa shape index (κ3) is 2.50. The molecular formula is C17H15N3. The van der Waals surface area contributed by atoms with E-state index in [9.17, 15) is 0 Å². The highest BCUT2D eigenvalue weighted by atomic mass is 14.9. The number of nitrogens with zero attached hydrogens (tertiary/aromatic N) is 1. The highest BCUT2D eigenvalue weighted by Crippen LogP contribution is 2.19. The van der Waals surface area contributed by atoms with Gasteiger partial charge in [-0.1, -0.05) is 24.3 Å². The Kier molecular flexibility index (Phi) is 3.38. The van der Waals surface area contributed by atoms with E-state index in [-0.39, 0.29) is 0 Å². The van der Waals surface area contributed by atoms with Crippen molar-refractivity contribution in [3.8, 4) is 6.07 Å². The molecule has 3 heteroatoms. The average Bonchev–Trinajstić information content (AvgIpc) is 2.96. The predicted molar refractivity (Wildman–Crippen MR) is 81.4 cm³/mol. The molecule has 0 atom stereocenters. The molecule has 0 aliphatic rings. The molecular weight excluding hydrogens is 246 g/mol. The van der Waals surface area contributed by atoms with Crippen molar-refractivity contribution in [3.05, 3.63) is 65.9 Å². The van der Waals surface area contributed by atoms with Crippen molar-refractivity contribution in [1.29, 1.82) is 5.26 Å². The first-order valence-electron chi connectivity index (χ1n) is 6.61. The van der Waals surface area contributed by atoms with Crippen molar-refractivity contribution in [2.75, 3.05) is 5.32 Å². The van der Waals surface area contributed by atoms with Gasteiger partial charge in [-0.05, 0) is 35.4 Å². The lowest BCUT2D eigenvalue weighted by Crippen LogP contribution is -1.99. The minimum Gasteiger partial charge on any atom is -0.381 e. The lowest BCUT2D eigenvalue weighted by Gasteiger charge is -2.08. The molecule has 3 nitrogen and oxygen atoms in total. The quantitative estimate of drug-likeness (QED) is 0.749. The van der Waals surface area contributed by atoms with Gasteiger partial charge in [-0.2, -0.15) is 5.26 Å². The Bertz CT molecular complexity index is 748. The fourth-order valence-electron chi connectivity index (χ4n) is 2.33. The molecule has 3 aromatic rings. The van der Waals surface area contributed by atoms with Crippen molar-refractivity contribution < 1.29 is 0 Å². The number of nitrogens with one attached hydrogen (secondary N) is 2. The smallest absolute Gasteiger partial charge is 0.0669 e. The molecule has 0 aliphatic carbocycles. The summed E-state index contributed by atoms with van der Waals surface area (Å²) in [5.74, 6) is 0. The summed E-state index contributed by atoms with van der Waals surface area (Å²) in [6.07, 6.45) is 2.42. The second-order valence-electron chi connectivity index (χ2n) is 4.74. The molecule has 0 spiro atoms. The molecule has 0 unspecified atom stereocenters. The number of anilines is 1. The Morgan fingerprint density at radius 2 is 1.90 bits per heavy atom. The lowest BCUT2D eigenvalue weighted by molar-refractivity contribution is 1.16. The van der Waals surface area contributed by atoms with Crippen LogP contribution in [-0.2, 0) is 13.0 Å². The molecule has 0 fully saturated rings. The minimum atomic E-state index is 0.461. The fraction of sp³-hybridized carbons (Fsp3) is 0.118. The van der Waals surface area contributed by atoms with Crippen molar-refractivity contribution in [3.63, 3.8) is 0 Å². The molecule has 0 aliphatic heterocycles. The maximum absolute atomic E-state index is 8.65. The minimum absolute atomic E-state index is 0.461. The molecule has 1 aromatic heterocycles. The van der Waals surface area contributed by atoms with Crippen LogP contribution in [0, 0.1) is 11.3 Å². The highest BCUT2D eigenvalue weighted by Gasteiger charge is 2.01. The highest BCUT2D eigenvalue weighted by molar-refractivity contribution is 5.83. The van der Waals surface area contributed by atoms with Crippen LogP contribution in [0.3, 0.4) is 0 Å². The number of benzene rings is 2. The summed E-state index contributed by atoms with van der Waals surface area (Å²) >= 11 is 0. The molecule has 20 heavy (non-hydrogen) atoms. The van der Waals surface area contributed by atoms with Gasteiger partial charge in [-0.25, -0.2) is 0 Å². The Morgan fingerprint density at radius 1 is 1.05 bits per heavy atom.